The first-order chi connectivity index (χ1) is 9.56. The molecule has 0 spiro atoms. The minimum atomic E-state index is 0.00167. The molecule has 0 bridgehead atoms. The van der Waals surface area contributed by atoms with Gasteiger partial charge in [0.25, 0.3) is 0 Å². The molecule has 0 amide bonds. The first-order valence-corrected chi connectivity index (χ1v) is 7.43. The van der Waals surface area contributed by atoms with E-state index in [9.17, 15) is 0 Å². The zero-order valence-corrected chi connectivity index (χ0v) is 13.8. The molecule has 0 aliphatic rings. The average molecular weight is 304 g/mol. The Balaban J connectivity index is 3.06. The summed E-state index contributed by atoms with van der Waals surface area (Å²) in [6.07, 6.45) is 1.72. The van der Waals surface area contributed by atoms with Crippen molar-refractivity contribution in [2.45, 2.75) is 39.5 Å². The van der Waals surface area contributed by atoms with Gasteiger partial charge in [-0.25, -0.2) is 0 Å². The van der Waals surface area contributed by atoms with E-state index in [1.807, 2.05) is 18.7 Å². The quantitative estimate of drug-likeness (QED) is 0.761. The molecule has 116 valence electrons. The van der Waals surface area contributed by atoms with Crippen LogP contribution in [0.25, 0.3) is 0 Å². The third kappa shape index (κ3) is 4.19. The monoisotopic (exact) mass is 303 g/mol. The molecule has 0 saturated heterocycles. The van der Waals surface area contributed by atoms with E-state index in [0.29, 0.717) is 30.7 Å². The molecule has 0 radical (unpaired) electrons. The van der Waals surface area contributed by atoms with E-state index >= 15 is 0 Å². The number of methoxy groups -OCH3 is 1. The zero-order chi connectivity index (χ0) is 15.1. The lowest BCUT2D eigenvalue weighted by atomic mass is 9.96. The second kappa shape index (κ2) is 8.62. The molecule has 1 N–H and O–H groups in total. The Morgan fingerprint density at radius 3 is 2.65 bits per heavy atom. The molecule has 1 rings (SSSR count). The molecular formula is C14H26ClN3O2. The summed E-state index contributed by atoms with van der Waals surface area (Å²) in [4.78, 5) is 0. The number of ether oxygens (including phenoxy) is 2. The van der Waals surface area contributed by atoms with Crippen LogP contribution in [-0.4, -0.2) is 43.3 Å². The molecule has 0 aliphatic heterocycles. The molecule has 0 saturated carbocycles. The van der Waals surface area contributed by atoms with Gasteiger partial charge >= 0.3 is 0 Å². The Hall–Kier alpha value is -0.620. The van der Waals surface area contributed by atoms with Gasteiger partial charge in [0.2, 0.25) is 0 Å². The van der Waals surface area contributed by atoms with Crippen molar-refractivity contribution < 1.29 is 9.47 Å². The second-order valence-electron chi connectivity index (χ2n) is 5.02. The Bertz CT molecular complexity index is 396. The Kier molecular flexibility index (Phi) is 7.51. The van der Waals surface area contributed by atoms with E-state index < -0.39 is 0 Å². The summed E-state index contributed by atoms with van der Waals surface area (Å²) in [5, 5.41) is 8.31. The minimum absolute atomic E-state index is 0.00167. The highest BCUT2D eigenvalue weighted by Crippen LogP contribution is 2.29. The third-order valence-electron chi connectivity index (χ3n) is 3.29. The van der Waals surface area contributed by atoms with Crippen LogP contribution >= 0.6 is 11.6 Å². The summed E-state index contributed by atoms with van der Waals surface area (Å²) in [5.74, 6) is 0.370. The van der Waals surface area contributed by atoms with E-state index in [1.165, 1.54) is 0 Å². The van der Waals surface area contributed by atoms with E-state index in [2.05, 4.69) is 24.3 Å². The van der Waals surface area contributed by atoms with Gasteiger partial charge in [-0.15, -0.1) is 0 Å². The molecule has 1 heterocycles. The normalized spacial score (nSPS) is 14.8. The SMILES string of the molecule is CCOC(C(C)C)C(NC)c1c(Cl)cnn1CCOC. The van der Waals surface area contributed by atoms with Gasteiger partial charge in [0.05, 0.1) is 42.2 Å². The van der Waals surface area contributed by atoms with Gasteiger partial charge in [0.15, 0.2) is 0 Å². The van der Waals surface area contributed by atoms with Gasteiger partial charge in [-0.2, -0.15) is 5.10 Å². The van der Waals surface area contributed by atoms with Crippen molar-refractivity contribution in [3.8, 4) is 0 Å². The third-order valence-corrected chi connectivity index (χ3v) is 3.58. The molecular weight excluding hydrogens is 278 g/mol. The highest BCUT2D eigenvalue weighted by Gasteiger charge is 2.30. The van der Waals surface area contributed by atoms with E-state index in [1.54, 1.807) is 13.3 Å². The van der Waals surface area contributed by atoms with Crippen molar-refractivity contribution in [3.05, 3.63) is 16.9 Å². The number of halogens is 1. The smallest absolute Gasteiger partial charge is 0.0835 e. The number of hydrogen-bond donors (Lipinski definition) is 1. The summed E-state index contributed by atoms with van der Waals surface area (Å²) in [6, 6.07) is 0.00167. The zero-order valence-electron chi connectivity index (χ0n) is 13.0. The molecule has 2 unspecified atom stereocenters. The Morgan fingerprint density at radius 1 is 1.45 bits per heavy atom. The largest absolute Gasteiger partial charge is 0.383 e. The summed E-state index contributed by atoms with van der Waals surface area (Å²) in [6.45, 7) is 8.25. The molecule has 5 nitrogen and oxygen atoms in total. The van der Waals surface area contributed by atoms with Crippen molar-refractivity contribution in [2.24, 2.45) is 5.92 Å². The van der Waals surface area contributed by atoms with Crippen LogP contribution in [0.3, 0.4) is 0 Å². The standard InChI is InChI=1S/C14H26ClN3O2/c1-6-20-14(10(2)3)12(16-4)13-11(15)9-17-18(13)7-8-19-5/h9-10,12,14,16H,6-8H2,1-5H3. The summed E-state index contributed by atoms with van der Waals surface area (Å²) >= 11 is 6.33. The number of rotatable bonds is 9. The predicted molar refractivity (Wildman–Crippen MR) is 81.2 cm³/mol. The van der Waals surface area contributed by atoms with Gasteiger partial charge in [-0.3, -0.25) is 4.68 Å². The fraction of sp³-hybridized carbons (Fsp3) is 0.786. The predicted octanol–water partition coefficient (Wildman–Crippen LogP) is 2.50. The maximum atomic E-state index is 6.33. The van der Waals surface area contributed by atoms with Crippen molar-refractivity contribution in [3.63, 3.8) is 0 Å². The first kappa shape index (κ1) is 17.4. The van der Waals surface area contributed by atoms with Crippen molar-refractivity contribution in [1.82, 2.24) is 15.1 Å². The molecule has 20 heavy (non-hydrogen) atoms. The van der Waals surface area contributed by atoms with Gasteiger partial charge in [0, 0.05) is 13.7 Å². The molecule has 6 heteroatoms. The van der Waals surface area contributed by atoms with Gasteiger partial charge in [0.1, 0.15) is 0 Å². The van der Waals surface area contributed by atoms with Crippen LogP contribution in [0.4, 0.5) is 0 Å². The lowest BCUT2D eigenvalue weighted by Crippen LogP contribution is -2.37. The van der Waals surface area contributed by atoms with Crippen LogP contribution in [0.2, 0.25) is 5.02 Å². The van der Waals surface area contributed by atoms with Crippen molar-refractivity contribution >= 4 is 11.6 Å². The lowest BCUT2D eigenvalue weighted by Gasteiger charge is -2.30. The van der Waals surface area contributed by atoms with Crippen LogP contribution in [0.1, 0.15) is 32.5 Å². The highest BCUT2D eigenvalue weighted by molar-refractivity contribution is 6.31. The molecule has 0 aromatic carbocycles. The Morgan fingerprint density at radius 2 is 2.15 bits per heavy atom. The van der Waals surface area contributed by atoms with Crippen molar-refractivity contribution in [2.75, 3.05) is 27.4 Å². The maximum absolute atomic E-state index is 6.33. The first-order valence-electron chi connectivity index (χ1n) is 7.05. The summed E-state index contributed by atoms with van der Waals surface area (Å²) < 4.78 is 12.9. The van der Waals surface area contributed by atoms with Crippen LogP contribution in [0, 0.1) is 5.92 Å². The second-order valence-corrected chi connectivity index (χ2v) is 5.43. The van der Waals surface area contributed by atoms with E-state index in [4.69, 9.17) is 21.1 Å². The lowest BCUT2D eigenvalue weighted by molar-refractivity contribution is 0.00231. The number of nitrogens with one attached hydrogen (secondary N) is 1. The Labute approximate surface area is 126 Å². The topological polar surface area (TPSA) is 48.3 Å². The molecule has 0 aliphatic carbocycles. The maximum Gasteiger partial charge on any atom is 0.0835 e. The number of hydrogen-bond acceptors (Lipinski definition) is 4. The van der Waals surface area contributed by atoms with Crippen LogP contribution in [0.15, 0.2) is 6.20 Å². The molecule has 1 aromatic rings. The van der Waals surface area contributed by atoms with Crippen molar-refractivity contribution in [1.29, 1.82) is 0 Å². The molecule has 0 fully saturated rings. The average Bonchev–Trinajstić information content (AvgIpc) is 2.78. The minimum Gasteiger partial charge on any atom is -0.383 e. The number of aromatic nitrogens is 2. The van der Waals surface area contributed by atoms with E-state index in [-0.39, 0.29) is 12.1 Å². The fourth-order valence-corrected chi connectivity index (χ4v) is 2.62. The van der Waals surface area contributed by atoms with Crippen LogP contribution < -0.4 is 5.32 Å². The van der Waals surface area contributed by atoms with E-state index in [0.717, 1.165) is 5.69 Å². The molecule has 2 atom stereocenters. The van der Waals surface area contributed by atoms with Gasteiger partial charge in [-0.1, -0.05) is 25.4 Å². The highest BCUT2D eigenvalue weighted by atomic mass is 35.5. The number of nitrogens with zero attached hydrogens (tertiary/aromatic N) is 2. The fourth-order valence-electron chi connectivity index (χ4n) is 2.36. The van der Waals surface area contributed by atoms with Gasteiger partial charge < -0.3 is 14.8 Å². The summed E-state index contributed by atoms with van der Waals surface area (Å²) in [5.41, 5.74) is 0.957. The molecule has 1 aromatic heterocycles. The summed E-state index contributed by atoms with van der Waals surface area (Å²) in [7, 11) is 3.60. The van der Waals surface area contributed by atoms with Gasteiger partial charge in [-0.05, 0) is 19.9 Å². The van der Waals surface area contributed by atoms with Crippen LogP contribution in [0.5, 0.6) is 0 Å². The number of likely N-dealkylation sites (N-methyl/N-ethyl adjacent to an activating group) is 1. The van der Waals surface area contributed by atoms with Crippen LogP contribution in [-0.2, 0) is 16.0 Å².